The van der Waals surface area contributed by atoms with Crippen LogP contribution in [0.25, 0.3) is 0 Å². The number of amides is 2. The van der Waals surface area contributed by atoms with Crippen LogP contribution in [0.5, 0.6) is 0 Å². The number of nitrogens with two attached hydrogens (primary N) is 2. The molecule has 2 aromatic rings. The zero-order valence-electron chi connectivity index (χ0n) is 40.1. The number of rotatable bonds is 14. The number of fused-ring (bicyclic) bond motifs is 5. The minimum absolute atomic E-state index is 0.0135. The lowest BCUT2D eigenvalue weighted by molar-refractivity contribution is -0.346. The average molecular weight is 980 g/mol. The van der Waals surface area contributed by atoms with Crippen molar-refractivity contribution in [1.82, 2.24) is 5.32 Å². The second-order valence-corrected chi connectivity index (χ2v) is 19.9. The van der Waals surface area contributed by atoms with E-state index in [4.69, 9.17) is 44.6 Å². The SMILES string of the molecule is CC(=O)O[C@@]12CO[C@@H]1C[C@H](O)[C@@]1(C)C(=O)[C@H](O)C3=C(C)[C@@H](OC(=O)[C@H](OC(=O)COC(=O)C[C@H](N)C(N)=O)[C@@H](NC(=O)OC(C)(C)C)c4ccccc4)C[C@@](O)([C@@H](OC(=O)c4ccccc4)[C@H]21)C3(C)C. The summed E-state index contributed by atoms with van der Waals surface area (Å²) in [6.45, 7) is 10.1. The predicted octanol–water partition coefficient (Wildman–Crippen LogP) is 1.56. The third kappa shape index (κ3) is 10.0. The lowest BCUT2D eigenvalue weighted by atomic mass is 9.44. The van der Waals surface area contributed by atoms with E-state index in [1.807, 2.05) is 0 Å². The van der Waals surface area contributed by atoms with Gasteiger partial charge in [0.2, 0.25) is 12.0 Å². The van der Waals surface area contributed by atoms with Crippen LogP contribution in [-0.4, -0.2) is 136 Å². The van der Waals surface area contributed by atoms with Gasteiger partial charge in [0, 0.05) is 25.2 Å². The number of carbonyl (C=O) groups is 8. The molecule has 3 fully saturated rings. The van der Waals surface area contributed by atoms with E-state index in [0.29, 0.717) is 0 Å². The van der Waals surface area contributed by atoms with E-state index < -0.39 is 149 Å². The van der Waals surface area contributed by atoms with Crippen molar-refractivity contribution >= 4 is 47.6 Å². The summed E-state index contributed by atoms with van der Waals surface area (Å²) in [7, 11) is 0. The van der Waals surface area contributed by atoms with E-state index in [0.717, 1.165) is 6.92 Å². The van der Waals surface area contributed by atoms with Crippen LogP contribution in [0.15, 0.2) is 71.8 Å². The molecule has 0 aromatic heterocycles. The number of aliphatic hydroxyl groups is 3. The highest BCUT2D eigenvalue weighted by Gasteiger charge is 2.78. The Morgan fingerprint density at radius 1 is 0.929 bits per heavy atom. The van der Waals surface area contributed by atoms with Crippen LogP contribution in [0.1, 0.15) is 96.6 Å². The third-order valence-corrected chi connectivity index (χ3v) is 13.9. The van der Waals surface area contributed by atoms with Crippen LogP contribution in [-0.2, 0) is 61.9 Å². The summed E-state index contributed by atoms with van der Waals surface area (Å²) in [4.78, 5) is 108. The summed E-state index contributed by atoms with van der Waals surface area (Å²) in [5.74, 6) is -9.33. The normalized spacial score (nSPS) is 30.1. The molecular formula is C49H61N3O18. The molecule has 21 heteroatoms. The minimum Gasteiger partial charge on any atom is -0.455 e. The topological polar surface area (TPSA) is 326 Å². The first kappa shape index (κ1) is 53.1. The van der Waals surface area contributed by atoms with Gasteiger partial charge in [-0.1, -0.05) is 62.4 Å². The minimum atomic E-state index is -2.51. The number of Topliss-reactive ketones (excluding diaryl/α,β-unsaturated/α-hetero) is 1. The quantitative estimate of drug-likeness (QED) is 0.0889. The predicted molar refractivity (Wildman–Crippen MR) is 240 cm³/mol. The molecule has 1 saturated heterocycles. The van der Waals surface area contributed by atoms with Crippen LogP contribution in [0, 0.1) is 16.7 Å². The standard InChI is InChI=1S/C49H61N3O18/c1-24-29(66-43(61)37(67-33(56)22-64-32(55)19-28(50)41(51)59)35(26-15-11-9-12-16-26)52-44(62)70-45(3,4)5)21-49(63)40(68-42(60)27-17-13-10-14-18-27)38-47(8,39(58)36(57)34(24)46(49,6)7)30(54)20-31-48(38,23-65-31)69-25(2)53/h9-18,28-31,35-38,40,54,57,63H,19-23,50H2,1-8H3,(H2,51,59)(H,52,62)/t28-,29-,30-,31+,35-,36+,37+,38-,40-,47+,48-,49+/m0/s1. The maximum Gasteiger partial charge on any atom is 0.408 e. The lowest BCUT2D eigenvalue weighted by Gasteiger charge is -2.67. The molecule has 2 aromatic carbocycles. The van der Waals surface area contributed by atoms with Crippen molar-refractivity contribution in [2.45, 2.75) is 140 Å². The molecule has 380 valence electrons. The number of ketones is 1. The van der Waals surface area contributed by atoms with Gasteiger partial charge in [0.05, 0.1) is 42.1 Å². The number of alkyl carbamates (subject to hydrolysis) is 1. The highest BCUT2D eigenvalue weighted by atomic mass is 16.6. The van der Waals surface area contributed by atoms with E-state index in [1.54, 1.807) is 57.2 Å². The number of nitrogens with one attached hydrogen (secondary N) is 1. The van der Waals surface area contributed by atoms with Gasteiger partial charge >= 0.3 is 35.9 Å². The Hall–Kier alpha value is -6.26. The number of hydrogen-bond donors (Lipinski definition) is 6. The van der Waals surface area contributed by atoms with Gasteiger partial charge in [-0.3, -0.25) is 19.2 Å². The van der Waals surface area contributed by atoms with Crippen molar-refractivity contribution in [2.24, 2.45) is 28.2 Å². The third-order valence-electron chi connectivity index (χ3n) is 13.9. The van der Waals surface area contributed by atoms with Gasteiger partial charge in [0.15, 0.2) is 18.0 Å². The van der Waals surface area contributed by atoms with E-state index in [-0.39, 0.29) is 35.3 Å². The van der Waals surface area contributed by atoms with Crippen molar-refractivity contribution in [3.05, 3.63) is 82.9 Å². The number of benzene rings is 2. The molecule has 0 radical (unpaired) electrons. The van der Waals surface area contributed by atoms with Gasteiger partial charge in [-0.25, -0.2) is 19.2 Å². The first-order chi connectivity index (χ1) is 32.6. The maximum absolute atomic E-state index is 15.2. The molecule has 4 aliphatic rings. The zero-order valence-corrected chi connectivity index (χ0v) is 40.1. The number of hydrogen-bond acceptors (Lipinski definition) is 19. The van der Waals surface area contributed by atoms with Gasteiger partial charge in [-0.15, -0.1) is 0 Å². The fourth-order valence-electron chi connectivity index (χ4n) is 10.3. The second kappa shape index (κ2) is 19.9. The Kier molecular flexibility index (Phi) is 15.1. The Bertz CT molecular complexity index is 2420. The second-order valence-electron chi connectivity index (χ2n) is 19.9. The first-order valence-corrected chi connectivity index (χ1v) is 22.6. The molecule has 8 N–H and O–H groups in total. The van der Waals surface area contributed by atoms with Crippen LogP contribution >= 0.6 is 0 Å². The van der Waals surface area contributed by atoms with Crippen molar-refractivity contribution in [3.8, 4) is 0 Å². The molecule has 1 aliphatic heterocycles. The number of aliphatic hydroxyl groups excluding tert-OH is 2. The van der Waals surface area contributed by atoms with Crippen LogP contribution in [0.3, 0.4) is 0 Å². The summed E-state index contributed by atoms with van der Waals surface area (Å²) in [5, 5.41) is 40.6. The largest absolute Gasteiger partial charge is 0.455 e. The summed E-state index contributed by atoms with van der Waals surface area (Å²) in [6, 6.07) is 12.3. The first-order valence-electron chi connectivity index (χ1n) is 22.6. The molecule has 2 saturated carbocycles. The van der Waals surface area contributed by atoms with Gasteiger partial charge < -0.3 is 65.3 Å². The van der Waals surface area contributed by atoms with Crippen LogP contribution in [0.2, 0.25) is 0 Å². The van der Waals surface area contributed by atoms with Gasteiger partial charge in [0.1, 0.15) is 41.7 Å². The van der Waals surface area contributed by atoms with Crippen molar-refractivity contribution in [3.63, 3.8) is 0 Å². The van der Waals surface area contributed by atoms with Crippen molar-refractivity contribution in [2.75, 3.05) is 13.2 Å². The molecule has 1 heterocycles. The number of ether oxygens (including phenoxy) is 7. The summed E-state index contributed by atoms with van der Waals surface area (Å²) in [6.07, 6.45) is -13.3. The van der Waals surface area contributed by atoms with E-state index in [1.165, 1.54) is 52.0 Å². The number of primary amides is 1. The Morgan fingerprint density at radius 3 is 2.10 bits per heavy atom. The Morgan fingerprint density at radius 2 is 1.54 bits per heavy atom. The lowest BCUT2D eigenvalue weighted by Crippen LogP contribution is -2.81. The van der Waals surface area contributed by atoms with Crippen LogP contribution in [0.4, 0.5) is 4.79 Å². The Balaban J connectivity index is 1.49. The highest BCUT2D eigenvalue weighted by Crippen LogP contribution is 2.64. The van der Waals surface area contributed by atoms with Gasteiger partial charge in [0.25, 0.3) is 0 Å². The molecule has 12 atom stereocenters. The molecule has 2 bridgehead atoms. The number of esters is 5. The zero-order chi connectivity index (χ0) is 51.9. The molecule has 21 nitrogen and oxygen atoms in total. The molecule has 6 rings (SSSR count). The van der Waals surface area contributed by atoms with Crippen molar-refractivity contribution < 1.29 is 86.8 Å². The highest BCUT2D eigenvalue weighted by molar-refractivity contribution is 5.94. The number of carbonyl (C=O) groups excluding carboxylic acids is 8. The van der Waals surface area contributed by atoms with Crippen molar-refractivity contribution in [1.29, 1.82) is 0 Å². The summed E-state index contributed by atoms with van der Waals surface area (Å²) < 4.78 is 40.5. The maximum atomic E-state index is 15.2. The van der Waals surface area contributed by atoms with E-state index in [2.05, 4.69) is 5.32 Å². The fourth-order valence-corrected chi connectivity index (χ4v) is 10.3. The van der Waals surface area contributed by atoms with Crippen LogP contribution < -0.4 is 16.8 Å². The van der Waals surface area contributed by atoms with Gasteiger partial charge in [-0.05, 0) is 63.5 Å². The molecular weight excluding hydrogens is 919 g/mol. The van der Waals surface area contributed by atoms with Gasteiger partial charge in [-0.2, -0.15) is 0 Å². The fraction of sp³-hybridized carbons (Fsp3) is 0.551. The molecule has 2 amide bonds. The monoisotopic (exact) mass is 979 g/mol. The molecule has 3 aliphatic carbocycles. The molecule has 70 heavy (non-hydrogen) atoms. The van der Waals surface area contributed by atoms with E-state index >= 15 is 4.79 Å². The molecule has 0 spiro atoms. The average Bonchev–Trinajstić information content (AvgIpc) is 3.27. The molecule has 0 unspecified atom stereocenters. The Labute approximate surface area is 403 Å². The smallest absolute Gasteiger partial charge is 0.408 e. The summed E-state index contributed by atoms with van der Waals surface area (Å²) >= 11 is 0. The summed E-state index contributed by atoms with van der Waals surface area (Å²) in [5.41, 5.74) is 1.47. The van der Waals surface area contributed by atoms with E-state index in [9.17, 15) is 48.9 Å².